The minimum atomic E-state index is 0.390. The first-order valence-corrected chi connectivity index (χ1v) is 4.83. The Balaban J connectivity index is 2.53. The molecule has 0 aliphatic rings. The van der Waals surface area contributed by atoms with Crippen LogP contribution in [0.4, 0.5) is 0 Å². The molecule has 2 aromatic rings. The van der Waals surface area contributed by atoms with Crippen molar-refractivity contribution >= 4 is 11.6 Å². The zero-order chi connectivity index (χ0) is 10.8. The third-order valence-electron chi connectivity index (χ3n) is 2.06. The summed E-state index contributed by atoms with van der Waals surface area (Å²) in [5, 5.41) is 12.6. The molecule has 78 valence electrons. The summed E-state index contributed by atoms with van der Waals surface area (Å²) in [7, 11) is 0. The second-order valence-corrected chi connectivity index (χ2v) is 3.50. The number of aromatic nitrogens is 4. The van der Waals surface area contributed by atoms with Gasteiger partial charge >= 0.3 is 0 Å². The predicted octanol–water partition coefficient (Wildman–Crippen LogP) is 1.08. The molecule has 6 heteroatoms. The molecule has 2 heterocycles. The molecule has 2 rings (SSSR count). The Labute approximate surface area is 91.9 Å². The Bertz CT molecular complexity index is 460. The van der Waals surface area contributed by atoms with Crippen LogP contribution in [0, 0.1) is 6.92 Å². The Morgan fingerprint density at radius 1 is 1.53 bits per heavy atom. The fourth-order valence-electron chi connectivity index (χ4n) is 1.25. The van der Waals surface area contributed by atoms with Gasteiger partial charge in [-0.3, -0.25) is 0 Å². The highest BCUT2D eigenvalue weighted by molar-refractivity contribution is 6.31. The first-order valence-electron chi connectivity index (χ1n) is 4.45. The highest BCUT2D eigenvalue weighted by Gasteiger charge is 2.08. The fraction of sp³-hybridized carbons (Fsp3) is 0.222. The molecule has 15 heavy (non-hydrogen) atoms. The maximum absolute atomic E-state index is 5.91. The van der Waals surface area contributed by atoms with Crippen molar-refractivity contribution < 1.29 is 0 Å². The lowest BCUT2D eigenvalue weighted by Gasteiger charge is -2.03. The van der Waals surface area contributed by atoms with Crippen LogP contribution in [0.25, 0.3) is 5.82 Å². The molecule has 0 unspecified atom stereocenters. The van der Waals surface area contributed by atoms with Crippen molar-refractivity contribution in [2.45, 2.75) is 13.5 Å². The average Bonchev–Trinajstić information content (AvgIpc) is 2.59. The largest absolute Gasteiger partial charge is 0.326 e. The van der Waals surface area contributed by atoms with Gasteiger partial charge in [0.05, 0.1) is 23.1 Å². The SMILES string of the molecule is Cc1nn(-c2nnccc2CN)cc1Cl. The Kier molecular flexibility index (Phi) is 2.66. The van der Waals surface area contributed by atoms with Crippen molar-refractivity contribution in [3.8, 4) is 5.82 Å². The average molecular weight is 224 g/mol. The molecule has 0 radical (unpaired) electrons. The van der Waals surface area contributed by atoms with Gasteiger partial charge in [0, 0.05) is 12.1 Å². The number of aryl methyl sites for hydroxylation is 1. The molecule has 0 aliphatic heterocycles. The molecule has 0 saturated carbocycles. The molecule has 0 aliphatic carbocycles. The lowest BCUT2D eigenvalue weighted by Crippen LogP contribution is -2.08. The van der Waals surface area contributed by atoms with E-state index in [-0.39, 0.29) is 0 Å². The highest BCUT2D eigenvalue weighted by atomic mass is 35.5. The second-order valence-electron chi connectivity index (χ2n) is 3.09. The molecule has 5 nitrogen and oxygen atoms in total. The molecule has 0 saturated heterocycles. The number of halogens is 1. The van der Waals surface area contributed by atoms with E-state index >= 15 is 0 Å². The van der Waals surface area contributed by atoms with Gasteiger partial charge in [-0.25, -0.2) is 4.68 Å². The first-order chi connectivity index (χ1) is 7.22. The maximum atomic E-state index is 5.91. The molecule has 0 spiro atoms. The number of rotatable bonds is 2. The van der Waals surface area contributed by atoms with E-state index in [1.165, 1.54) is 0 Å². The topological polar surface area (TPSA) is 69.6 Å². The van der Waals surface area contributed by atoms with Crippen molar-refractivity contribution in [3.63, 3.8) is 0 Å². The summed E-state index contributed by atoms with van der Waals surface area (Å²) in [5.74, 6) is 0.620. The van der Waals surface area contributed by atoms with Gasteiger partial charge in [-0.05, 0) is 13.0 Å². The van der Waals surface area contributed by atoms with Crippen LogP contribution in [0.15, 0.2) is 18.5 Å². The Morgan fingerprint density at radius 3 is 2.93 bits per heavy atom. The number of hydrogen-bond donors (Lipinski definition) is 1. The van der Waals surface area contributed by atoms with Gasteiger partial charge in [-0.1, -0.05) is 11.6 Å². The zero-order valence-electron chi connectivity index (χ0n) is 8.18. The van der Waals surface area contributed by atoms with Crippen molar-refractivity contribution in [3.05, 3.63) is 34.7 Å². The van der Waals surface area contributed by atoms with Crippen molar-refractivity contribution in [2.24, 2.45) is 5.73 Å². The van der Waals surface area contributed by atoms with Crippen LogP contribution in [0.2, 0.25) is 5.02 Å². The van der Waals surface area contributed by atoms with E-state index < -0.39 is 0 Å². The summed E-state index contributed by atoms with van der Waals surface area (Å²) >= 11 is 5.91. The third kappa shape index (κ3) is 1.84. The second kappa shape index (κ2) is 3.96. The molecule has 0 fully saturated rings. The summed E-state index contributed by atoms with van der Waals surface area (Å²) in [6.07, 6.45) is 3.30. The zero-order valence-corrected chi connectivity index (χ0v) is 8.94. The van der Waals surface area contributed by atoms with Crippen LogP contribution >= 0.6 is 11.6 Å². The third-order valence-corrected chi connectivity index (χ3v) is 2.43. The molecule has 0 aromatic carbocycles. The fourth-order valence-corrected chi connectivity index (χ4v) is 1.38. The molecular formula is C9H10ClN5. The van der Waals surface area contributed by atoms with Gasteiger partial charge in [0.15, 0.2) is 5.82 Å². The van der Waals surface area contributed by atoms with E-state index in [1.54, 1.807) is 17.1 Å². The molecule has 0 bridgehead atoms. The monoisotopic (exact) mass is 223 g/mol. The molecule has 2 aromatic heterocycles. The highest BCUT2D eigenvalue weighted by Crippen LogP contribution is 2.16. The molecule has 0 amide bonds. The van der Waals surface area contributed by atoms with Crippen molar-refractivity contribution in [1.29, 1.82) is 0 Å². The number of hydrogen-bond acceptors (Lipinski definition) is 4. The van der Waals surface area contributed by atoms with E-state index in [0.717, 1.165) is 11.3 Å². The number of nitrogens with zero attached hydrogens (tertiary/aromatic N) is 4. The van der Waals surface area contributed by atoms with E-state index in [9.17, 15) is 0 Å². The standard InChI is InChI=1S/C9H10ClN5/c1-6-8(10)5-15(14-6)9-7(4-11)2-3-12-13-9/h2-3,5H,4,11H2,1H3. The van der Waals surface area contributed by atoms with Crippen LogP contribution in [-0.4, -0.2) is 20.0 Å². The van der Waals surface area contributed by atoms with Gasteiger partial charge in [-0.15, -0.1) is 5.10 Å². The normalized spacial score (nSPS) is 10.6. The summed E-state index contributed by atoms with van der Waals surface area (Å²) in [6, 6.07) is 1.81. The van der Waals surface area contributed by atoms with Crippen LogP contribution in [0.3, 0.4) is 0 Å². The Hall–Kier alpha value is -1.46. The van der Waals surface area contributed by atoms with Crippen LogP contribution in [0.5, 0.6) is 0 Å². The van der Waals surface area contributed by atoms with Crippen LogP contribution < -0.4 is 5.73 Å². The van der Waals surface area contributed by atoms with E-state index in [0.29, 0.717) is 17.4 Å². The first kappa shape index (κ1) is 10.1. The van der Waals surface area contributed by atoms with E-state index in [4.69, 9.17) is 17.3 Å². The molecular weight excluding hydrogens is 214 g/mol. The van der Waals surface area contributed by atoms with E-state index in [2.05, 4.69) is 15.3 Å². The predicted molar refractivity (Wildman–Crippen MR) is 56.8 cm³/mol. The van der Waals surface area contributed by atoms with E-state index in [1.807, 2.05) is 13.0 Å². The summed E-state index contributed by atoms with van der Waals surface area (Å²) in [6.45, 7) is 2.22. The summed E-state index contributed by atoms with van der Waals surface area (Å²) in [5.41, 5.74) is 7.22. The molecule has 2 N–H and O–H groups in total. The van der Waals surface area contributed by atoms with Crippen LogP contribution in [0.1, 0.15) is 11.3 Å². The van der Waals surface area contributed by atoms with Gasteiger partial charge < -0.3 is 5.73 Å². The van der Waals surface area contributed by atoms with Gasteiger partial charge in [0.1, 0.15) is 0 Å². The quantitative estimate of drug-likeness (QED) is 0.827. The molecule has 0 atom stereocenters. The van der Waals surface area contributed by atoms with Gasteiger partial charge in [-0.2, -0.15) is 10.2 Å². The van der Waals surface area contributed by atoms with Crippen LogP contribution in [-0.2, 0) is 6.54 Å². The van der Waals surface area contributed by atoms with Gasteiger partial charge in [0.2, 0.25) is 0 Å². The lowest BCUT2D eigenvalue weighted by atomic mass is 10.3. The smallest absolute Gasteiger partial charge is 0.180 e. The maximum Gasteiger partial charge on any atom is 0.180 e. The number of nitrogens with two attached hydrogens (primary N) is 1. The summed E-state index contributed by atoms with van der Waals surface area (Å²) in [4.78, 5) is 0. The lowest BCUT2D eigenvalue weighted by molar-refractivity contribution is 0.782. The minimum absolute atomic E-state index is 0.390. The van der Waals surface area contributed by atoms with Crippen molar-refractivity contribution in [2.75, 3.05) is 0 Å². The Morgan fingerprint density at radius 2 is 2.33 bits per heavy atom. The minimum Gasteiger partial charge on any atom is -0.326 e. The van der Waals surface area contributed by atoms with Gasteiger partial charge in [0.25, 0.3) is 0 Å². The summed E-state index contributed by atoms with van der Waals surface area (Å²) < 4.78 is 1.59. The van der Waals surface area contributed by atoms with Crippen molar-refractivity contribution in [1.82, 2.24) is 20.0 Å².